The maximum atomic E-state index is 11.7. The Kier molecular flexibility index (Phi) is 6.62. The monoisotopic (exact) mass is 224 g/mol. The van der Waals surface area contributed by atoms with Crippen LogP contribution in [-0.4, -0.2) is 50.2 Å². The van der Waals surface area contributed by atoms with Gasteiger partial charge in [0, 0.05) is 39.0 Å². The number of rotatable bonds is 5. The third-order valence-electron chi connectivity index (χ3n) is 2.48. The van der Waals surface area contributed by atoms with Gasteiger partial charge in [-0.25, -0.2) is 0 Å². The molecule has 90 valence electrons. The SMILES string of the molecule is CC#CCCNCCC(=O)N1CCOCC1. The summed E-state index contributed by atoms with van der Waals surface area (Å²) < 4.78 is 5.20. The lowest BCUT2D eigenvalue weighted by Crippen LogP contribution is -2.41. The lowest BCUT2D eigenvalue weighted by atomic mass is 10.3. The first-order valence-corrected chi connectivity index (χ1v) is 5.80. The molecule has 1 N–H and O–H groups in total. The van der Waals surface area contributed by atoms with E-state index in [1.54, 1.807) is 0 Å². The van der Waals surface area contributed by atoms with Crippen molar-refractivity contribution in [1.82, 2.24) is 10.2 Å². The van der Waals surface area contributed by atoms with E-state index in [9.17, 15) is 4.79 Å². The van der Waals surface area contributed by atoms with E-state index in [1.165, 1.54) is 0 Å². The molecule has 1 rings (SSSR count). The maximum absolute atomic E-state index is 11.7. The van der Waals surface area contributed by atoms with Crippen LogP contribution in [0.2, 0.25) is 0 Å². The van der Waals surface area contributed by atoms with E-state index >= 15 is 0 Å². The highest BCUT2D eigenvalue weighted by Crippen LogP contribution is 1.99. The van der Waals surface area contributed by atoms with Crippen LogP contribution in [-0.2, 0) is 9.53 Å². The number of nitrogens with one attached hydrogen (secondary N) is 1. The zero-order valence-electron chi connectivity index (χ0n) is 9.92. The number of ether oxygens (including phenoxy) is 1. The molecule has 0 aliphatic carbocycles. The van der Waals surface area contributed by atoms with Gasteiger partial charge < -0.3 is 15.0 Å². The van der Waals surface area contributed by atoms with Gasteiger partial charge in [0.05, 0.1) is 13.2 Å². The summed E-state index contributed by atoms with van der Waals surface area (Å²) in [5, 5.41) is 3.21. The summed E-state index contributed by atoms with van der Waals surface area (Å²) in [4.78, 5) is 13.6. The van der Waals surface area contributed by atoms with Gasteiger partial charge in [-0.3, -0.25) is 4.79 Å². The number of nitrogens with zero attached hydrogens (tertiary/aromatic N) is 1. The molecule has 0 unspecified atom stereocenters. The van der Waals surface area contributed by atoms with Crippen molar-refractivity contribution in [2.24, 2.45) is 0 Å². The number of morpholine rings is 1. The molecule has 0 radical (unpaired) electrons. The van der Waals surface area contributed by atoms with Crippen LogP contribution >= 0.6 is 0 Å². The Hall–Kier alpha value is -1.05. The molecular weight excluding hydrogens is 204 g/mol. The second-order valence-corrected chi connectivity index (χ2v) is 3.67. The van der Waals surface area contributed by atoms with Crippen LogP contribution in [0.5, 0.6) is 0 Å². The predicted octanol–water partition coefficient (Wildman–Crippen LogP) is 0.238. The topological polar surface area (TPSA) is 41.6 Å². The summed E-state index contributed by atoms with van der Waals surface area (Å²) in [5.74, 6) is 6.04. The Labute approximate surface area is 97.3 Å². The van der Waals surface area contributed by atoms with Crippen LogP contribution in [0.15, 0.2) is 0 Å². The Balaban J connectivity index is 2.02. The van der Waals surface area contributed by atoms with Crippen molar-refractivity contribution in [3.05, 3.63) is 0 Å². The Morgan fingerprint density at radius 1 is 1.38 bits per heavy atom. The van der Waals surface area contributed by atoms with Crippen LogP contribution in [0.3, 0.4) is 0 Å². The summed E-state index contributed by atoms with van der Waals surface area (Å²) in [7, 11) is 0. The van der Waals surface area contributed by atoms with Crippen molar-refractivity contribution < 1.29 is 9.53 Å². The van der Waals surface area contributed by atoms with Gasteiger partial charge in [0.25, 0.3) is 0 Å². The maximum Gasteiger partial charge on any atom is 0.224 e. The quantitative estimate of drug-likeness (QED) is 0.537. The van der Waals surface area contributed by atoms with Crippen LogP contribution in [0, 0.1) is 11.8 Å². The molecule has 0 atom stereocenters. The molecule has 1 heterocycles. The minimum absolute atomic E-state index is 0.220. The predicted molar refractivity (Wildman–Crippen MR) is 63.0 cm³/mol. The molecule has 1 amide bonds. The zero-order valence-corrected chi connectivity index (χ0v) is 9.92. The second-order valence-electron chi connectivity index (χ2n) is 3.67. The third kappa shape index (κ3) is 5.15. The fraction of sp³-hybridized carbons (Fsp3) is 0.750. The highest BCUT2D eigenvalue weighted by molar-refractivity contribution is 5.76. The van der Waals surface area contributed by atoms with Gasteiger partial charge >= 0.3 is 0 Å². The van der Waals surface area contributed by atoms with E-state index < -0.39 is 0 Å². The Morgan fingerprint density at radius 2 is 2.12 bits per heavy atom. The molecule has 4 heteroatoms. The molecule has 1 aliphatic rings. The molecule has 1 fully saturated rings. The van der Waals surface area contributed by atoms with E-state index in [0.717, 1.165) is 32.6 Å². The lowest BCUT2D eigenvalue weighted by Gasteiger charge is -2.26. The first kappa shape index (κ1) is 13.0. The average molecular weight is 224 g/mol. The van der Waals surface area contributed by atoms with E-state index in [4.69, 9.17) is 4.74 Å². The van der Waals surface area contributed by atoms with Gasteiger partial charge in [-0.15, -0.1) is 11.8 Å². The molecule has 0 aromatic heterocycles. The molecular formula is C12H20N2O2. The van der Waals surface area contributed by atoms with Crippen LogP contribution in [0.25, 0.3) is 0 Å². The van der Waals surface area contributed by atoms with Crippen molar-refractivity contribution >= 4 is 5.91 Å². The van der Waals surface area contributed by atoms with Gasteiger partial charge in [0.15, 0.2) is 0 Å². The van der Waals surface area contributed by atoms with E-state index in [0.29, 0.717) is 19.6 Å². The van der Waals surface area contributed by atoms with Gasteiger partial charge in [-0.2, -0.15) is 0 Å². The summed E-state index contributed by atoms with van der Waals surface area (Å²) in [6.45, 7) is 6.25. The summed E-state index contributed by atoms with van der Waals surface area (Å²) >= 11 is 0. The fourth-order valence-corrected chi connectivity index (χ4v) is 1.57. The molecule has 1 saturated heterocycles. The largest absolute Gasteiger partial charge is 0.378 e. The van der Waals surface area contributed by atoms with Gasteiger partial charge in [-0.1, -0.05) is 0 Å². The van der Waals surface area contributed by atoms with Gasteiger partial charge in [0.2, 0.25) is 5.91 Å². The average Bonchev–Trinajstić information content (AvgIpc) is 2.34. The van der Waals surface area contributed by atoms with Crippen molar-refractivity contribution in [1.29, 1.82) is 0 Å². The molecule has 0 aromatic rings. The van der Waals surface area contributed by atoms with E-state index in [2.05, 4.69) is 17.2 Å². The van der Waals surface area contributed by atoms with Crippen LogP contribution in [0.4, 0.5) is 0 Å². The lowest BCUT2D eigenvalue weighted by molar-refractivity contribution is -0.135. The molecule has 16 heavy (non-hydrogen) atoms. The highest BCUT2D eigenvalue weighted by atomic mass is 16.5. The Bertz CT molecular complexity index is 262. The van der Waals surface area contributed by atoms with Crippen molar-refractivity contribution in [2.45, 2.75) is 19.8 Å². The fourth-order valence-electron chi connectivity index (χ4n) is 1.57. The number of carbonyl (C=O) groups excluding carboxylic acids is 1. The van der Waals surface area contributed by atoms with E-state index in [-0.39, 0.29) is 5.91 Å². The third-order valence-corrected chi connectivity index (χ3v) is 2.48. The number of hydrogen-bond acceptors (Lipinski definition) is 3. The number of hydrogen-bond donors (Lipinski definition) is 1. The van der Waals surface area contributed by atoms with Crippen molar-refractivity contribution in [3.63, 3.8) is 0 Å². The van der Waals surface area contributed by atoms with Gasteiger partial charge in [-0.05, 0) is 6.92 Å². The first-order valence-electron chi connectivity index (χ1n) is 5.80. The molecule has 0 spiro atoms. The van der Waals surface area contributed by atoms with Gasteiger partial charge in [0.1, 0.15) is 0 Å². The van der Waals surface area contributed by atoms with E-state index in [1.807, 2.05) is 11.8 Å². The number of amides is 1. The molecule has 0 saturated carbocycles. The summed E-state index contributed by atoms with van der Waals surface area (Å²) in [6.07, 6.45) is 1.42. The minimum atomic E-state index is 0.220. The minimum Gasteiger partial charge on any atom is -0.378 e. The number of carbonyl (C=O) groups is 1. The standard InChI is InChI=1S/C12H20N2O2/c1-2-3-4-6-13-7-5-12(15)14-8-10-16-11-9-14/h13H,4-11H2,1H3. The Morgan fingerprint density at radius 3 is 2.81 bits per heavy atom. The van der Waals surface area contributed by atoms with Crippen LogP contribution < -0.4 is 5.32 Å². The summed E-state index contributed by atoms with van der Waals surface area (Å²) in [5.41, 5.74) is 0. The van der Waals surface area contributed by atoms with Crippen molar-refractivity contribution in [3.8, 4) is 11.8 Å². The van der Waals surface area contributed by atoms with Crippen molar-refractivity contribution in [2.75, 3.05) is 39.4 Å². The molecule has 0 bridgehead atoms. The first-order chi connectivity index (χ1) is 7.84. The molecule has 1 aliphatic heterocycles. The molecule has 0 aromatic carbocycles. The zero-order chi connectivity index (χ0) is 11.6. The highest BCUT2D eigenvalue weighted by Gasteiger charge is 2.15. The smallest absolute Gasteiger partial charge is 0.224 e. The normalized spacial score (nSPS) is 15.4. The second kappa shape index (κ2) is 8.14. The molecule has 4 nitrogen and oxygen atoms in total. The van der Waals surface area contributed by atoms with Crippen LogP contribution in [0.1, 0.15) is 19.8 Å². The summed E-state index contributed by atoms with van der Waals surface area (Å²) in [6, 6.07) is 0.